The van der Waals surface area contributed by atoms with Gasteiger partial charge in [-0.3, -0.25) is 9.59 Å². The van der Waals surface area contributed by atoms with E-state index in [9.17, 15) is 9.59 Å². The van der Waals surface area contributed by atoms with Crippen molar-refractivity contribution >= 4 is 11.9 Å². The average molecular weight is 170 g/mol. The van der Waals surface area contributed by atoms with Gasteiger partial charge in [-0.25, -0.2) is 0 Å². The standard InChI is InChI=1S/C8H10O4/c1-4-2-3-5(7(9)10)6(4)8(11)12/h2,5-6H,3H2,1H3,(H,9,10)(H,11,12). The molecule has 0 aliphatic heterocycles. The van der Waals surface area contributed by atoms with Crippen molar-refractivity contribution in [1.29, 1.82) is 0 Å². The van der Waals surface area contributed by atoms with Gasteiger partial charge in [0.05, 0.1) is 11.8 Å². The van der Waals surface area contributed by atoms with Crippen molar-refractivity contribution in [1.82, 2.24) is 0 Å². The summed E-state index contributed by atoms with van der Waals surface area (Å²) in [5.41, 5.74) is 0.648. The van der Waals surface area contributed by atoms with Gasteiger partial charge in [-0.05, 0) is 13.3 Å². The molecule has 4 nitrogen and oxygen atoms in total. The van der Waals surface area contributed by atoms with Crippen LogP contribution in [0.2, 0.25) is 0 Å². The van der Waals surface area contributed by atoms with Gasteiger partial charge in [0.25, 0.3) is 0 Å². The van der Waals surface area contributed by atoms with Crippen molar-refractivity contribution in [3.05, 3.63) is 11.6 Å². The Morgan fingerprint density at radius 2 is 2.00 bits per heavy atom. The third kappa shape index (κ3) is 1.32. The SMILES string of the molecule is CC1=CCC(C(=O)O)C1C(=O)O. The number of aliphatic carboxylic acids is 2. The summed E-state index contributed by atoms with van der Waals surface area (Å²) in [6.07, 6.45) is 2.01. The van der Waals surface area contributed by atoms with E-state index >= 15 is 0 Å². The molecule has 1 aliphatic carbocycles. The molecule has 0 aromatic heterocycles. The molecule has 2 atom stereocenters. The highest BCUT2D eigenvalue weighted by Gasteiger charge is 2.37. The molecule has 0 saturated heterocycles. The predicted octanol–water partition coefficient (Wildman–Crippen LogP) is 0.738. The summed E-state index contributed by atoms with van der Waals surface area (Å²) in [6.45, 7) is 1.65. The van der Waals surface area contributed by atoms with Crippen LogP contribution in [-0.4, -0.2) is 22.2 Å². The Morgan fingerprint density at radius 3 is 2.33 bits per heavy atom. The van der Waals surface area contributed by atoms with Crippen LogP contribution in [0.15, 0.2) is 11.6 Å². The van der Waals surface area contributed by atoms with Gasteiger partial charge in [0, 0.05) is 0 Å². The second kappa shape index (κ2) is 2.97. The molecule has 12 heavy (non-hydrogen) atoms. The van der Waals surface area contributed by atoms with Crippen LogP contribution in [0, 0.1) is 11.8 Å². The summed E-state index contributed by atoms with van der Waals surface area (Å²) in [5, 5.41) is 17.4. The Hall–Kier alpha value is -1.32. The fourth-order valence-electron chi connectivity index (χ4n) is 1.50. The Morgan fingerprint density at radius 1 is 1.42 bits per heavy atom. The number of rotatable bonds is 2. The van der Waals surface area contributed by atoms with Crippen molar-refractivity contribution in [2.24, 2.45) is 11.8 Å². The smallest absolute Gasteiger partial charge is 0.311 e. The molecule has 1 rings (SSSR count). The van der Waals surface area contributed by atoms with Crippen molar-refractivity contribution < 1.29 is 19.8 Å². The molecule has 2 unspecified atom stereocenters. The fourth-order valence-corrected chi connectivity index (χ4v) is 1.50. The molecule has 0 aromatic carbocycles. The second-order valence-corrected chi connectivity index (χ2v) is 2.94. The van der Waals surface area contributed by atoms with Crippen molar-refractivity contribution in [2.45, 2.75) is 13.3 Å². The maximum atomic E-state index is 10.6. The number of hydrogen-bond donors (Lipinski definition) is 2. The zero-order chi connectivity index (χ0) is 9.30. The Kier molecular flexibility index (Phi) is 2.17. The Bertz CT molecular complexity index is 254. The largest absolute Gasteiger partial charge is 0.481 e. The van der Waals surface area contributed by atoms with Gasteiger partial charge < -0.3 is 10.2 Å². The lowest BCUT2D eigenvalue weighted by Crippen LogP contribution is -2.26. The van der Waals surface area contributed by atoms with Crippen LogP contribution >= 0.6 is 0 Å². The zero-order valence-corrected chi connectivity index (χ0v) is 6.65. The fraction of sp³-hybridized carbons (Fsp3) is 0.500. The quantitative estimate of drug-likeness (QED) is 0.599. The van der Waals surface area contributed by atoms with E-state index in [-0.39, 0.29) is 0 Å². The van der Waals surface area contributed by atoms with Crippen LogP contribution in [0.5, 0.6) is 0 Å². The van der Waals surface area contributed by atoms with E-state index < -0.39 is 23.8 Å². The maximum Gasteiger partial charge on any atom is 0.311 e. The number of carbonyl (C=O) groups is 2. The van der Waals surface area contributed by atoms with Gasteiger partial charge in [0.15, 0.2) is 0 Å². The van der Waals surface area contributed by atoms with Gasteiger partial charge in [-0.1, -0.05) is 11.6 Å². The minimum Gasteiger partial charge on any atom is -0.481 e. The van der Waals surface area contributed by atoms with E-state index in [0.29, 0.717) is 12.0 Å². The van der Waals surface area contributed by atoms with Gasteiger partial charge in [0.2, 0.25) is 0 Å². The normalized spacial score (nSPS) is 28.2. The highest BCUT2D eigenvalue weighted by atomic mass is 16.4. The minimum absolute atomic E-state index is 0.331. The van der Waals surface area contributed by atoms with E-state index in [1.54, 1.807) is 13.0 Å². The molecule has 0 heterocycles. The second-order valence-electron chi connectivity index (χ2n) is 2.94. The molecule has 0 radical (unpaired) electrons. The Balaban J connectivity index is 2.84. The third-order valence-corrected chi connectivity index (χ3v) is 2.17. The van der Waals surface area contributed by atoms with Crippen LogP contribution in [0.25, 0.3) is 0 Å². The van der Waals surface area contributed by atoms with Crippen LogP contribution in [-0.2, 0) is 9.59 Å². The first-order chi connectivity index (χ1) is 5.54. The van der Waals surface area contributed by atoms with Crippen LogP contribution in [0.4, 0.5) is 0 Å². The van der Waals surface area contributed by atoms with Crippen molar-refractivity contribution in [3.63, 3.8) is 0 Å². The number of carboxylic acid groups (broad SMARTS) is 2. The number of allylic oxidation sites excluding steroid dienone is 1. The molecular weight excluding hydrogens is 160 g/mol. The molecule has 1 aliphatic rings. The van der Waals surface area contributed by atoms with E-state index in [4.69, 9.17) is 10.2 Å². The number of carboxylic acids is 2. The predicted molar refractivity (Wildman–Crippen MR) is 40.6 cm³/mol. The summed E-state index contributed by atoms with van der Waals surface area (Å²) >= 11 is 0. The lowest BCUT2D eigenvalue weighted by atomic mass is 9.92. The topological polar surface area (TPSA) is 74.6 Å². The van der Waals surface area contributed by atoms with Gasteiger partial charge in [-0.15, -0.1) is 0 Å². The van der Waals surface area contributed by atoms with Crippen LogP contribution in [0.3, 0.4) is 0 Å². The van der Waals surface area contributed by atoms with Gasteiger partial charge in [0.1, 0.15) is 0 Å². The van der Waals surface area contributed by atoms with E-state index in [1.807, 2.05) is 0 Å². The van der Waals surface area contributed by atoms with Crippen molar-refractivity contribution in [2.75, 3.05) is 0 Å². The average Bonchev–Trinajstić information content (AvgIpc) is 2.30. The highest BCUT2D eigenvalue weighted by molar-refractivity contribution is 5.83. The maximum absolute atomic E-state index is 10.6. The third-order valence-electron chi connectivity index (χ3n) is 2.17. The first kappa shape index (κ1) is 8.77. The molecule has 0 fully saturated rings. The summed E-state index contributed by atoms with van der Waals surface area (Å²) < 4.78 is 0. The van der Waals surface area contributed by atoms with Crippen LogP contribution < -0.4 is 0 Å². The van der Waals surface area contributed by atoms with E-state index in [2.05, 4.69) is 0 Å². The lowest BCUT2D eigenvalue weighted by molar-refractivity contribution is -0.151. The van der Waals surface area contributed by atoms with E-state index in [1.165, 1.54) is 0 Å². The molecule has 2 N–H and O–H groups in total. The first-order valence-electron chi connectivity index (χ1n) is 3.66. The molecule has 0 spiro atoms. The van der Waals surface area contributed by atoms with Gasteiger partial charge in [-0.2, -0.15) is 0 Å². The highest BCUT2D eigenvalue weighted by Crippen LogP contribution is 2.31. The molecule has 0 aromatic rings. The van der Waals surface area contributed by atoms with Crippen LogP contribution in [0.1, 0.15) is 13.3 Å². The zero-order valence-electron chi connectivity index (χ0n) is 6.65. The molecule has 0 saturated carbocycles. The lowest BCUT2D eigenvalue weighted by Gasteiger charge is -2.12. The molecule has 0 amide bonds. The van der Waals surface area contributed by atoms with Gasteiger partial charge >= 0.3 is 11.9 Å². The number of hydrogen-bond acceptors (Lipinski definition) is 2. The monoisotopic (exact) mass is 170 g/mol. The molecular formula is C8H10O4. The molecule has 66 valence electrons. The molecule has 0 bridgehead atoms. The van der Waals surface area contributed by atoms with Crippen molar-refractivity contribution in [3.8, 4) is 0 Å². The summed E-state index contributed by atoms with van der Waals surface area (Å²) in [4.78, 5) is 21.2. The first-order valence-corrected chi connectivity index (χ1v) is 3.66. The molecule has 4 heteroatoms. The Labute approximate surface area is 69.5 Å². The summed E-state index contributed by atoms with van der Waals surface area (Å²) in [6, 6.07) is 0. The van der Waals surface area contributed by atoms with E-state index in [0.717, 1.165) is 0 Å². The summed E-state index contributed by atoms with van der Waals surface area (Å²) in [7, 11) is 0. The minimum atomic E-state index is -1.05. The summed E-state index contributed by atoms with van der Waals surface area (Å²) in [5.74, 6) is -3.69.